The number of hydrogen-bond acceptors (Lipinski definition) is 2. The number of aliphatic carboxylic acids is 1. The summed E-state index contributed by atoms with van der Waals surface area (Å²) in [7, 11) is 0. The topological polar surface area (TPSA) is 59.3 Å². The van der Waals surface area contributed by atoms with Crippen LogP contribution in [0.25, 0.3) is 0 Å². The van der Waals surface area contributed by atoms with E-state index < -0.39 is 5.97 Å². The largest absolute Gasteiger partial charge is 0.481 e. The van der Waals surface area contributed by atoms with E-state index in [1.165, 1.54) is 6.07 Å². The van der Waals surface area contributed by atoms with Crippen molar-refractivity contribution in [2.24, 2.45) is 5.92 Å². The predicted octanol–water partition coefficient (Wildman–Crippen LogP) is 2.05. The Morgan fingerprint density at radius 3 is 2.82 bits per heavy atom. The molecule has 0 aliphatic heterocycles. The van der Waals surface area contributed by atoms with Gasteiger partial charge in [0.1, 0.15) is 0 Å². The molecule has 2 atom stereocenters. The van der Waals surface area contributed by atoms with E-state index in [-0.39, 0.29) is 23.9 Å². The SMILES string of the molecule is O=C(O)CC1CCCCC1n1ccccc1=O. The van der Waals surface area contributed by atoms with E-state index in [0.29, 0.717) is 0 Å². The van der Waals surface area contributed by atoms with Crippen LogP contribution in [0.15, 0.2) is 29.2 Å². The lowest BCUT2D eigenvalue weighted by Gasteiger charge is -2.31. The summed E-state index contributed by atoms with van der Waals surface area (Å²) in [5, 5.41) is 8.91. The molecule has 1 N–H and O–H groups in total. The van der Waals surface area contributed by atoms with Crippen LogP contribution in [-0.4, -0.2) is 15.6 Å². The predicted molar refractivity (Wildman–Crippen MR) is 63.9 cm³/mol. The minimum Gasteiger partial charge on any atom is -0.481 e. The molecule has 1 saturated carbocycles. The summed E-state index contributed by atoms with van der Waals surface area (Å²) in [6.07, 6.45) is 5.87. The van der Waals surface area contributed by atoms with Crippen molar-refractivity contribution in [2.75, 3.05) is 0 Å². The lowest BCUT2D eigenvalue weighted by atomic mass is 9.82. The molecule has 17 heavy (non-hydrogen) atoms. The number of pyridine rings is 1. The number of aromatic nitrogens is 1. The highest BCUT2D eigenvalue weighted by atomic mass is 16.4. The highest BCUT2D eigenvalue weighted by Crippen LogP contribution is 2.35. The summed E-state index contributed by atoms with van der Waals surface area (Å²) in [4.78, 5) is 22.6. The molecule has 92 valence electrons. The summed E-state index contributed by atoms with van der Waals surface area (Å²) in [6, 6.07) is 5.13. The molecule has 0 bridgehead atoms. The van der Waals surface area contributed by atoms with Crippen molar-refractivity contribution in [2.45, 2.75) is 38.1 Å². The first-order chi connectivity index (χ1) is 8.18. The lowest BCUT2D eigenvalue weighted by Crippen LogP contribution is -2.31. The molecule has 4 nitrogen and oxygen atoms in total. The molecule has 0 radical (unpaired) electrons. The molecule has 2 rings (SSSR count). The Balaban J connectivity index is 2.25. The van der Waals surface area contributed by atoms with Gasteiger partial charge in [-0.15, -0.1) is 0 Å². The average molecular weight is 235 g/mol. The Morgan fingerprint density at radius 2 is 2.12 bits per heavy atom. The van der Waals surface area contributed by atoms with Crippen molar-refractivity contribution in [1.29, 1.82) is 0 Å². The molecule has 0 spiro atoms. The molecular weight excluding hydrogens is 218 g/mol. The molecule has 0 saturated heterocycles. The van der Waals surface area contributed by atoms with Crippen LogP contribution in [0.2, 0.25) is 0 Å². The van der Waals surface area contributed by atoms with Crippen LogP contribution in [0.1, 0.15) is 38.1 Å². The van der Waals surface area contributed by atoms with Gasteiger partial charge in [-0.2, -0.15) is 0 Å². The highest BCUT2D eigenvalue weighted by molar-refractivity contribution is 5.67. The van der Waals surface area contributed by atoms with Gasteiger partial charge < -0.3 is 9.67 Å². The first kappa shape index (κ1) is 11.9. The number of carbonyl (C=O) groups is 1. The molecule has 0 aromatic carbocycles. The quantitative estimate of drug-likeness (QED) is 0.872. The van der Waals surface area contributed by atoms with Crippen LogP contribution in [0.4, 0.5) is 0 Å². The molecule has 4 heteroatoms. The zero-order valence-corrected chi connectivity index (χ0v) is 9.71. The minimum atomic E-state index is -0.772. The molecule has 1 aromatic rings. The van der Waals surface area contributed by atoms with E-state index in [0.717, 1.165) is 25.7 Å². The Kier molecular flexibility index (Phi) is 3.61. The van der Waals surface area contributed by atoms with Crippen LogP contribution in [-0.2, 0) is 4.79 Å². The summed E-state index contributed by atoms with van der Waals surface area (Å²) < 4.78 is 1.70. The van der Waals surface area contributed by atoms with E-state index in [9.17, 15) is 9.59 Å². The zero-order valence-electron chi connectivity index (χ0n) is 9.71. The van der Waals surface area contributed by atoms with Crippen molar-refractivity contribution in [1.82, 2.24) is 4.57 Å². The Morgan fingerprint density at radius 1 is 1.35 bits per heavy atom. The van der Waals surface area contributed by atoms with Gasteiger partial charge in [0.05, 0.1) is 6.42 Å². The molecule has 1 aliphatic carbocycles. The van der Waals surface area contributed by atoms with Crippen LogP contribution >= 0.6 is 0 Å². The number of carboxylic acids is 1. The summed E-state index contributed by atoms with van der Waals surface area (Å²) >= 11 is 0. The summed E-state index contributed by atoms with van der Waals surface area (Å²) in [6.45, 7) is 0. The van der Waals surface area contributed by atoms with E-state index in [4.69, 9.17) is 5.11 Å². The van der Waals surface area contributed by atoms with Crippen molar-refractivity contribution in [3.05, 3.63) is 34.7 Å². The van der Waals surface area contributed by atoms with Gasteiger partial charge in [-0.25, -0.2) is 0 Å². The fraction of sp³-hybridized carbons (Fsp3) is 0.538. The summed E-state index contributed by atoms with van der Waals surface area (Å²) in [5.41, 5.74) is -0.0326. The monoisotopic (exact) mass is 235 g/mol. The minimum absolute atomic E-state index is 0.0326. The van der Waals surface area contributed by atoms with E-state index in [2.05, 4.69) is 0 Å². The molecule has 1 fully saturated rings. The van der Waals surface area contributed by atoms with Gasteiger partial charge in [0, 0.05) is 18.3 Å². The van der Waals surface area contributed by atoms with Crippen LogP contribution in [0, 0.1) is 5.92 Å². The summed E-state index contributed by atoms with van der Waals surface area (Å²) in [5.74, 6) is -0.688. The van der Waals surface area contributed by atoms with Crippen molar-refractivity contribution >= 4 is 5.97 Å². The second kappa shape index (κ2) is 5.17. The third kappa shape index (κ3) is 2.75. The van der Waals surface area contributed by atoms with Gasteiger partial charge in [-0.3, -0.25) is 9.59 Å². The maximum absolute atomic E-state index is 11.8. The number of hydrogen-bond donors (Lipinski definition) is 1. The third-order valence-electron chi connectivity index (χ3n) is 3.51. The normalized spacial score (nSPS) is 24.5. The van der Waals surface area contributed by atoms with Gasteiger partial charge in [0.25, 0.3) is 5.56 Å². The Labute approximate surface area is 99.9 Å². The molecular formula is C13H17NO3. The first-order valence-corrected chi connectivity index (χ1v) is 6.07. The van der Waals surface area contributed by atoms with Gasteiger partial charge in [-0.1, -0.05) is 18.9 Å². The third-order valence-corrected chi connectivity index (χ3v) is 3.51. The molecule has 1 heterocycles. The lowest BCUT2D eigenvalue weighted by molar-refractivity contribution is -0.138. The van der Waals surface area contributed by atoms with Crippen LogP contribution in [0.3, 0.4) is 0 Å². The number of rotatable bonds is 3. The van der Waals surface area contributed by atoms with Crippen molar-refractivity contribution in [3.63, 3.8) is 0 Å². The zero-order chi connectivity index (χ0) is 12.3. The number of carboxylic acid groups (broad SMARTS) is 1. The second-order valence-corrected chi connectivity index (χ2v) is 4.66. The van der Waals surface area contributed by atoms with Crippen LogP contribution < -0.4 is 5.56 Å². The van der Waals surface area contributed by atoms with Gasteiger partial charge in [0.2, 0.25) is 0 Å². The smallest absolute Gasteiger partial charge is 0.303 e. The van der Waals surface area contributed by atoms with Crippen molar-refractivity contribution in [3.8, 4) is 0 Å². The van der Waals surface area contributed by atoms with E-state index in [1.54, 1.807) is 16.8 Å². The van der Waals surface area contributed by atoms with Gasteiger partial charge in [-0.05, 0) is 24.8 Å². The number of nitrogens with zero attached hydrogens (tertiary/aromatic N) is 1. The van der Waals surface area contributed by atoms with Crippen LogP contribution in [0.5, 0.6) is 0 Å². The average Bonchev–Trinajstić information content (AvgIpc) is 2.30. The molecule has 1 aliphatic rings. The van der Waals surface area contributed by atoms with E-state index in [1.807, 2.05) is 6.07 Å². The van der Waals surface area contributed by atoms with Gasteiger partial charge >= 0.3 is 5.97 Å². The molecule has 2 unspecified atom stereocenters. The Hall–Kier alpha value is -1.58. The first-order valence-electron chi connectivity index (χ1n) is 6.07. The highest BCUT2D eigenvalue weighted by Gasteiger charge is 2.28. The Bertz CT molecular complexity index is 452. The fourth-order valence-electron chi connectivity index (χ4n) is 2.73. The molecule has 0 amide bonds. The van der Waals surface area contributed by atoms with E-state index >= 15 is 0 Å². The maximum Gasteiger partial charge on any atom is 0.303 e. The fourth-order valence-corrected chi connectivity index (χ4v) is 2.73. The maximum atomic E-state index is 11.8. The van der Waals surface area contributed by atoms with Gasteiger partial charge in [0.15, 0.2) is 0 Å². The standard InChI is InChI=1S/C13H17NO3/c15-12-7-3-4-8-14(12)11-6-2-1-5-10(11)9-13(16)17/h3-4,7-8,10-11H,1-2,5-6,9H2,(H,16,17). The second-order valence-electron chi connectivity index (χ2n) is 4.66. The molecule has 1 aromatic heterocycles. The van der Waals surface area contributed by atoms with Crippen molar-refractivity contribution < 1.29 is 9.90 Å².